The lowest BCUT2D eigenvalue weighted by Crippen LogP contribution is -2.16. The summed E-state index contributed by atoms with van der Waals surface area (Å²) in [5, 5.41) is 10.8. The summed E-state index contributed by atoms with van der Waals surface area (Å²) in [7, 11) is 1.97. The van der Waals surface area contributed by atoms with Crippen molar-refractivity contribution in [2.24, 2.45) is 0 Å². The van der Waals surface area contributed by atoms with Crippen LogP contribution in [0.3, 0.4) is 0 Å². The molecule has 0 aromatic carbocycles. The minimum absolute atomic E-state index is 0.192. The van der Waals surface area contributed by atoms with Gasteiger partial charge >= 0.3 is 5.97 Å². The topological polar surface area (TPSA) is 53.7 Å². The summed E-state index contributed by atoms with van der Waals surface area (Å²) < 4.78 is 6.30. The average molecular weight is 330 g/mol. The summed E-state index contributed by atoms with van der Waals surface area (Å²) in [5.74, 6) is -0.305. The first-order valence-corrected chi connectivity index (χ1v) is 6.94. The molecule has 96 valence electrons. The van der Waals surface area contributed by atoms with Gasteiger partial charge in [-0.2, -0.15) is 0 Å². The van der Waals surface area contributed by atoms with Crippen molar-refractivity contribution >= 4 is 33.2 Å². The van der Waals surface area contributed by atoms with E-state index in [2.05, 4.69) is 26.9 Å². The third kappa shape index (κ3) is 3.44. The maximum atomic E-state index is 10.7. The molecule has 0 unspecified atom stereocenters. The molecule has 0 radical (unpaired) electrons. The van der Waals surface area contributed by atoms with Crippen LogP contribution in [0.15, 0.2) is 32.7 Å². The van der Waals surface area contributed by atoms with E-state index in [1.165, 1.54) is 11.1 Å². The summed E-state index contributed by atoms with van der Waals surface area (Å²) in [5.41, 5.74) is 0.192. The van der Waals surface area contributed by atoms with E-state index in [0.717, 1.165) is 11.0 Å². The van der Waals surface area contributed by atoms with E-state index in [1.54, 1.807) is 17.4 Å². The van der Waals surface area contributed by atoms with E-state index >= 15 is 0 Å². The first kappa shape index (κ1) is 13.3. The molecule has 6 heteroatoms. The molecule has 2 aromatic rings. The fourth-order valence-electron chi connectivity index (χ4n) is 1.60. The van der Waals surface area contributed by atoms with E-state index < -0.39 is 5.97 Å². The van der Waals surface area contributed by atoms with Crippen LogP contribution in [0.5, 0.6) is 0 Å². The molecule has 0 atom stereocenters. The second kappa shape index (κ2) is 5.69. The minimum Gasteiger partial charge on any atom is -0.478 e. The van der Waals surface area contributed by atoms with Gasteiger partial charge in [0.05, 0.1) is 12.1 Å². The molecule has 0 spiro atoms. The van der Waals surface area contributed by atoms with Crippen LogP contribution in [0.4, 0.5) is 0 Å². The van der Waals surface area contributed by atoms with Crippen LogP contribution in [-0.2, 0) is 13.1 Å². The van der Waals surface area contributed by atoms with Crippen LogP contribution in [0.25, 0.3) is 0 Å². The highest BCUT2D eigenvalue weighted by Crippen LogP contribution is 2.21. The van der Waals surface area contributed by atoms with Gasteiger partial charge in [-0.25, -0.2) is 4.79 Å². The van der Waals surface area contributed by atoms with E-state index in [1.807, 2.05) is 12.4 Å². The highest BCUT2D eigenvalue weighted by atomic mass is 79.9. The molecule has 0 aliphatic carbocycles. The second-order valence-corrected chi connectivity index (χ2v) is 5.92. The first-order chi connectivity index (χ1) is 8.54. The van der Waals surface area contributed by atoms with Crippen LogP contribution < -0.4 is 0 Å². The molecule has 1 N–H and O–H groups in total. The molecular weight excluding hydrogens is 318 g/mol. The zero-order valence-electron chi connectivity index (χ0n) is 9.72. The number of furan rings is 1. The summed E-state index contributed by atoms with van der Waals surface area (Å²) in [4.78, 5) is 14.0. The maximum absolute atomic E-state index is 10.7. The van der Waals surface area contributed by atoms with Crippen molar-refractivity contribution in [3.63, 3.8) is 0 Å². The lowest BCUT2D eigenvalue weighted by atomic mass is 10.3. The van der Waals surface area contributed by atoms with E-state index in [0.29, 0.717) is 12.3 Å². The van der Waals surface area contributed by atoms with Gasteiger partial charge in [-0.15, -0.1) is 11.3 Å². The lowest BCUT2D eigenvalue weighted by molar-refractivity contribution is 0.0696. The summed E-state index contributed by atoms with van der Waals surface area (Å²) in [6.07, 6.45) is 1.27. The fourth-order valence-corrected chi connectivity index (χ4v) is 3.13. The minimum atomic E-state index is -0.963. The molecule has 2 rings (SSSR count). The Labute approximate surface area is 117 Å². The van der Waals surface area contributed by atoms with Gasteiger partial charge in [-0.05, 0) is 35.1 Å². The molecule has 0 amide bonds. The largest absolute Gasteiger partial charge is 0.478 e. The smallest absolute Gasteiger partial charge is 0.338 e. The third-order valence-corrected chi connectivity index (χ3v) is 4.06. The number of hydrogen-bond donors (Lipinski definition) is 1. The zero-order chi connectivity index (χ0) is 13.1. The van der Waals surface area contributed by atoms with Crippen LogP contribution in [0, 0.1) is 0 Å². The van der Waals surface area contributed by atoms with Gasteiger partial charge in [0.15, 0.2) is 0 Å². The number of hydrogen-bond acceptors (Lipinski definition) is 4. The number of carboxylic acids is 1. The molecule has 2 heterocycles. The van der Waals surface area contributed by atoms with Crippen molar-refractivity contribution in [1.29, 1.82) is 0 Å². The van der Waals surface area contributed by atoms with Crippen molar-refractivity contribution in [3.05, 3.63) is 44.4 Å². The van der Waals surface area contributed by atoms with Gasteiger partial charge in [-0.1, -0.05) is 0 Å². The number of rotatable bonds is 5. The summed E-state index contributed by atoms with van der Waals surface area (Å²) >= 11 is 5.10. The Kier molecular flexibility index (Phi) is 4.21. The molecule has 0 fully saturated rings. The van der Waals surface area contributed by atoms with Crippen LogP contribution in [0.1, 0.15) is 21.0 Å². The first-order valence-electron chi connectivity index (χ1n) is 5.27. The summed E-state index contributed by atoms with van der Waals surface area (Å²) in [6, 6.07) is 3.63. The fraction of sp³-hybridized carbons (Fsp3) is 0.250. The molecule has 4 nitrogen and oxygen atoms in total. The van der Waals surface area contributed by atoms with Gasteiger partial charge in [-0.3, -0.25) is 4.90 Å². The number of nitrogens with zero attached hydrogens (tertiary/aromatic N) is 1. The molecule has 0 bridgehead atoms. The van der Waals surface area contributed by atoms with Crippen molar-refractivity contribution < 1.29 is 14.3 Å². The molecule has 2 aromatic heterocycles. The molecule has 0 aliphatic heterocycles. The van der Waals surface area contributed by atoms with Crippen LogP contribution in [0.2, 0.25) is 0 Å². The highest BCUT2D eigenvalue weighted by Gasteiger charge is 2.10. The van der Waals surface area contributed by atoms with Crippen molar-refractivity contribution in [1.82, 2.24) is 4.90 Å². The van der Waals surface area contributed by atoms with E-state index in [9.17, 15) is 4.79 Å². The van der Waals surface area contributed by atoms with Crippen molar-refractivity contribution in [2.75, 3.05) is 7.05 Å². The number of carboxylic acid groups (broad SMARTS) is 1. The predicted molar refractivity (Wildman–Crippen MR) is 72.9 cm³/mol. The van der Waals surface area contributed by atoms with Gasteiger partial charge < -0.3 is 9.52 Å². The molecule has 0 aliphatic rings. The Morgan fingerprint density at radius 1 is 1.50 bits per heavy atom. The Bertz CT molecular complexity index is 549. The normalized spacial score (nSPS) is 11.1. The average Bonchev–Trinajstić information content (AvgIpc) is 2.88. The SMILES string of the molecule is CN(Cc1cc(C(=O)O)co1)Cc1cc(Br)cs1. The van der Waals surface area contributed by atoms with Crippen molar-refractivity contribution in [3.8, 4) is 0 Å². The van der Waals surface area contributed by atoms with E-state index in [4.69, 9.17) is 9.52 Å². The number of thiophene rings is 1. The Morgan fingerprint density at radius 2 is 2.28 bits per heavy atom. The van der Waals surface area contributed by atoms with Gasteiger partial charge in [0, 0.05) is 21.3 Å². The quantitative estimate of drug-likeness (QED) is 0.912. The standard InChI is InChI=1S/C12H12BrNO3S/c1-14(5-11-3-9(13)7-18-11)4-10-2-8(6-17-10)12(15)16/h2-3,6-7H,4-5H2,1H3,(H,15,16). The van der Waals surface area contributed by atoms with Crippen molar-refractivity contribution in [2.45, 2.75) is 13.1 Å². The number of aromatic carboxylic acids is 1. The third-order valence-electron chi connectivity index (χ3n) is 2.37. The maximum Gasteiger partial charge on any atom is 0.338 e. The summed E-state index contributed by atoms with van der Waals surface area (Å²) in [6.45, 7) is 1.39. The number of carbonyl (C=O) groups is 1. The van der Waals surface area contributed by atoms with Gasteiger partial charge in [0.25, 0.3) is 0 Å². The molecule has 18 heavy (non-hydrogen) atoms. The molecular formula is C12H12BrNO3S. The van der Waals surface area contributed by atoms with Crippen LogP contribution in [-0.4, -0.2) is 23.0 Å². The Balaban J connectivity index is 1.94. The monoisotopic (exact) mass is 329 g/mol. The van der Waals surface area contributed by atoms with Gasteiger partial charge in [0.1, 0.15) is 12.0 Å². The second-order valence-electron chi connectivity index (χ2n) is 4.01. The highest BCUT2D eigenvalue weighted by molar-refractivity contribution is 9.10. The zero-order valence-corrected chi connectivity index (χ0v) is 12.1. The Hall–Kier alpha value is -1.11. The van der Waals surface area contributed by atoms with E-state index in [-0.39, 0.29) is 5.56 Å². The molecule has 0 saturated heterocycles. The predicted octanol–water partition coefficient (Wildman–Crippen LogP) is 3.43. The van der Waals surface area contributed by atoms with Crippen LogP contribution >= 0.6 is 27.3 Å². The lowest BCUT2D eigenvalue weighted by Gasteiger charge is -2.13. The van der Waals surface area contributed by atoms with Gasteiger partial charge in [0.2, 0.25) is 0 Å². The Morgan fingerprint density at radius 3 is 2.83 bits per heavy atom. The number of halogens is 1. The molecule has 0 saturated carbocycles.